The molecule has 0 spiro atoms. The molecule has 1 rings (SSSR count). The lowest BCUT2D eigenvalue weighted by Crippen LogP contribution is -2.09. The van der Waals surface area contributed by atoms with Crippen LogP contribution in [0, 0.1) is 23.7 Å². The van der Waals surface area contributed by atoms with E-state index in [0.717, 1.165) is 5.56 Å². The van der Waals surface area contributed by atoms with Crippen LogP contribution < -0.4 is 0 Å². The SMILES string of the molecule is OCC(O)CC#CC#Cc1ccccc1. The van der Waals surface area contributed by atoms with Crippen molar-refractivity contribution in [2.75, 3.05) is 6.61 Å². The molecule has 0 aliphatic rings. The van der Waals surface area contributed by atoms with Gasteiger partial charge in [0, 0.05) is 12.0 Å². The second-order valence-corrected chi connectivity index (χ2v) is 2.96. The van der Waals surface area contributed by atoms with Crippen LogP contribution in [0.4, 0.5) is 0 Å². The van der Waals surface area contributed by atoms with Gasteiger partial charge >= 0.3 is 0 Å². The van der Waals surface area contributed by atoms with Crippen LogP contribution in [-0.2, 0) is 0 Å². The summed E-state index contributed by atoms with van der Waals surface area (Å²) in [6.45, 7) is -0.263. The number of aliphatic hydroxyl groups is 2. The maximum Gasteiger partial charge on any atom is 0.0880 e. The summed E-state index contributed by atoms with van der Waals surface area (Å²) in [5.74, 6) is 10.8. The van der Waals surface area contributed by atoms with Gasteiger partial charge in [-0.2, -0.15) is 0 Å². The summed E-state index contributed by atoms with van der Waals surface area (Å²) in [5, 5.41) is 17.5. The van der Waals surface area contributed by atoms with Gasteiger partial charge in [0.2, 0.25) is 0 Å². The first-order valence-corrected chi connectivity index (χ1v) is 4.66. The molecule has 2 N–H and O–H groups in total. The van der Waals surface area contributed by atoms with Crippen molar-refractivity contribution in [2.24, 2.45) is 0 Å². The van der Waals surface area contributed by atoms with E-state index in [1.165, 1.54) is 0 Å². The molecule has 0 radical (unpaired) electrons. The fraction of sp³-hybridized carbons (Fsp3) is 0.231. The molecule has 0 saturated heterocycles. The summed E-state index contributed by atoms with van der Waals surface area (Å²) in [7, 11) is 0. The Bertz CT molecular complexity index is 401. The molecule has 0 saturated carbocycles. The Kier molecular flexibility index (Phi) is 5.04. The average molecular weight is 200 g/mol. The highest BCUT2D eigenvalue weighted by Gasteiger charge is 1.95. The Balaban J connectivity index is 2.46. The Morgan fingerprint density at radius 2 is 1.87 bits per heavy atom. The lowest BCUT2D eigenvalue weighted by atomic mass is 10.2. The third-order valence-corrected chi connectivity index (χ3v) is 1.68. The van der Waals surface area contributed by atoms with E-state index in [1.807, 2.05) is 30.3 Å². The second kappa shape index (κ2) is 6.68. The minimum absolute atomic E-state index is 0.250. The van der Waals surface area contributed by atoms with Gasteiger partial charge in [-0.05, 0) is 24.0 Å². The number of hydrogen-bond donors (Lipinski definition) is 2. The molecule has 0 amide bonds. The first-order chi connectivity index (χ1) is 7.33. The highest BCUT2D eigenvalue weighted by molar-refractivity contribution is 5.39. The standard InChI is InChI=1S/C13H12O2/c14-11-13(15)10-6-2-5-9-12-7-3-1-4-8-12/h1,3-4,7-8,13-15H,10-11H2. The molecule has 1 unspecified atom stereocenters. The maximum absolute atomic E-state index is 8.97. The molecule has 1 aromatic carbocycles. The van der Waals surface area contributed by atoms with Crippen LogP contribution in [-0.4, -0.2) is 22.9 Å². The number of hydrogen-bond acceptors (Lipinski definition) is 2. The van der Waals surface area contributed by atoms with E-state index in [-0.39, 0.29) is 13.0 Å². The number of benzene rings is 1. The van der Waals surface area contributed by atoms with Gasteiger partial charge < -0.3 is 10.2 Å². The van der Waals surface area contributed by atoms with Gasteiger partial charge in [-0.25, -0.2) is 0 Å². The Morgan fingerprint density at radius 3 is 2.53 bits per heavy atom. The first kappa shape index (κ1) is 11.3. The molecule has 0 heterocycles. The van der Waals surface area contributed by atoms with E-state index in [9.17, 15) is 0 Å². The van der Waals surface area contributed by atoms with Crippen molar-refractivity contribution in [3.63, 3.8) is 0 Å². The molecule has 0 bridgehead atoms. The van der Waals surface area contributed by atoms with Crippen LogP contribution in [0.2, 0.25) is 0 Å². The van der Waals surface area contributed by atoms with Crippen molar-refractivity contribution >= 4 is 0 Å². The van der Waals surface area contributed by atoms with Gasteiger partial charge in [-0.3, -0.25) is 0 Å². The van der Waals surface area contributed by atoms with E-state index >= 15 is 0 Å². The molecule has 0 aliphatic carbocycles. The van der Waals surface area contributed by atoms with E-state index in [4.69, 9.17) is 10.2 Å². The molecule has 0 aliphatic heterocycles. The van der Waals surface area contributed by atoms with Crippen molar-refractivity contribution in [1.29, 1.82) is 0 Å². The summed E-state index contributed by atoms with van der Waals surface area (Å²) in [6.07, 6.45) is -0.518. The predicted molar refractivity (Wildman–Crippen MR) is 58.8 cm³/mol. The average Bonchev–Trinajstić information content (AvgIpc) is 2.29. The zero-order valence-electron chi connectivity index (χ0n) is 8.27. The van der Waals surface area contributed by atoms with Gasteiger partial charge in [0.05, 0.1) is 12.7 Å². The van der Waals surface area contributed by atoms with Crippen molar-refractivity contribution < 1.29 is 10.2 Å². The van der Waals surface area contributed by atoms with Crippen molar-refractivity contribution in [3.05, 3.63) is 35.9 Å². The molecular weight excluding hydrogens is 188 g/mol. The highest BCUT2D eigenvalue weighted by Crippen LogP contribution is 1.94. The van der Waals surface area contributed by atoms with Gasteiger partial charge in [0.1, 0.15) is 0 Å². The van der Waals surface area contributed by atoms with Crippen LogP contribution in [0.25, 0.3) is 0 Å². The van der Waals surface area contributed by atoms with E-state index in [2.05, 4.69) is 23.7 Å². The second-order valence-electron chi connectivity index (χ2n) is 2.96. The fourth-order valence-corrected chi connectivity index (χ4v) is 0.902. The van der Waals surface area contributed by atoms with E-state index in [0.29, 0.717) is 0 Å². The molecule has 2 nitrogen and oxygen atoms in total. The molecule has 0 fully saturated rings. The van der Waals surface area contributed by atoms with E-state index in [1.54, 1.807) is 0 Å². The summed E-state index contributed by atoms with van der Waals surface area (Å²) < 4.78 is 0. The Morgan fingerprint density at radius 1 is 1.13 bits per heavy atom. The van der Waals surface area contributed by atoms with Crippen LogP contribution in [0.3, 0.4) is 0 Å². The zero-order valence-corrected chi connectivity index (χ0v) is 8.27. The Labute approximate surface area is 89.6 Å². The van der Waals surface area contributed by atoms with Gasteiger partial charge in [0.25, 0.3) is 0 Å². The van der Waals surface area contributed by atoms with Gasteiger partial charge in [0.15, 0.2) is 0 Å². The largest absolute Gasteiger partial charge is 0.394 e. The molecule has 1 atom stereocenters. The minimum Gasteiger partial charge on any atom is -0.394 e. The highest BCUT2D eigenvalue weighted by atomic mass is 16.3. The summed E-state index contributed by atoms with van der Waals surface area (Å²) in [4.78, 5) is 0. The van der Waals surface area contributed by atoms with Gasteiger partial charge in [-0.15, -0.1) is 0 Å². The molecule has 1 aromatic rings. The summed E-state index contributed by atoms with van der Waals surface area (Å²) in [6, 6.07) is 9.54. The van der Waals surface area contributed by atoms with Gasteiger partial charge in [-0.1, -0.05) is 30.0 Å². The van der Waals surface area contributed by atoms with Crippen molar-refractivity contribution in [1.82, 2.24) is 0 Å². The third-order valence-electron chi connectivity index (χ3n) is 1.68. The molecular formula is C13H12O2. The first-order valence-electron chi connectivity index (χ1n) is 4.66. The third kappa shape index (κ3) is 4.88. The van der Waals surface area contributed by atoms with Crippen molar-refractivity contribution in [2.45, 2.75) is 12.5 Å². The monoisotopic (exact) mass is 200 g/mol. The zero-order chi connectivity index (χ0) is 10.9. The number of aliphatic hydroxyl groups excluding tert-OH is 2. The predicted octanol–water partition coefficient (Wildman–Crippen LogP) is 0.785. The van der Waals surface area contributed by atoms with Crippen molar-refractivity contribution in [3.8, 4) is 23.7 Å². The lowest BCUT2D eigenvalue weighted by molar-refractivity contribution is 0.0992. The number of rotatable bonds is 2. The van der Waals surface area contributed by atoms with Crippen LogP contribution in [0.15, 0.2) is 30.3 Å². The molecule has 76 valence electrons. The fourth-order valence-electron chi connectivity index (χ4n) is 0.902. The minimum atomic E-state index is -0.768. The van der Waals surface area contributed by atoms with E-state index < -0.39 is 6.10 Å². The Hall–Kier alpha value is -1.74. The normalized spacial score (nSPS) is 10.5. The molecule has 15 heavy (non-hydrogen) atoms. The molecule has 0 aromatic heterocycles. The smallest absolute Gasteiger partial charge is 0.0880 e. The lowest BCUT2D eigenvalue weighted by Gasteiger charge is -1.97. The van der Waals surface area contributed by atoms with Crippen LogP contribution in [0.1, 0.15) is 12.0 Å². The summed E-state index contributed by atoms with van der Waals surface area (Å²) in [5.41, 5.74) is 0.912. The topological polar surface area (TPSA) is 40.5 Å². The molecule has 2 heteroatoms. The van der Waals surface area contributed by atoms with Crippen LogP contribution >= 0.6 is 0 Å². The quantitative estimate of drug-likeness (QED) is 0.693. The summed E-state index contributed by atoms with van der Waals surface area (Å²) >= 11 is 0. The maximum atomic E-state index is 8.97. The van der Waals surface area contributed by atoms with Crippen LogP contribution in [0.5, 0.6) is 0 Å².